The lowest BCUT2D eigenvalue weighted by atomic mass is 10.0. The molecular formula is C12H19N3O2S. The van der Waals surface area contributed by atoms with Crippen LogP contribution in [-0.4, -0.2) is 33.4 Å². The minimum atomic E-state index is -3.61. The van der Waals surface area contributed by atoms with Gasteiger partial charge in [-0.15, -0.1) is 0 Å². The van der Waals surface area contributed by atoms with Gasteiger partial charge in [0.25, 0.3) is 10.2 Å². The number of nitrogens with two attached hydrogens (primary N) is 1. The van der Waals surface area contributed by atoms with Gasteiger partial charge in [-0.05, 0) is 30.5 Å². The zero-order valence-corrected chi connectivity index (χ0v) is 11.5. The van der Waals surface area contributed by atoms with Gasteiger partial charge in [0.05, 0.1) is 6.04 Å². The number of benzene rings is 1. The van der Waals surface area contributed by atoms with E-state index in [0.717, 1.165) is 24.1 Å². The molecule has 0 aromatic heterocycles. The molecular weight excluding hydrogens is 250 g/mol. The Morgan fingerprint density at radius 1 is 1.39 bits per heavy atom. The highest BCUT2D eigenvalue weighted by Gasteiger charge is 2.33. The number of hydrogen-bond acceptors (Lipinski definition) is 3. The average Bonchev–Trinajstić information content (AvgIpc) is 2.77. The van der Waals surface area contributed by atoms with Gasteiger partial charge < -0.3 is 4.90 Å². The van der Waals surface area contributed by atoms with Gasteiger partial charge in [0, 0.05) is 26.3 Å². The van der Waals surface area contributed by atoms with Crippen molar-refractivity contribution in [3.05, 3.63) is 29.8 Å². The number of rotatable bonds is 3. The summed E-state index contributed by atoms with van der Waals surface area (Å²) in [5.74, 6) is 0. The Balaban J connectivity index is 2.33. The predicted molar refractivity (Wildman–Crippen MR) is 72.6 cm³/mol. The summed E-state index contributed by atoms with van der Waals surface area (Å²) in [4.78, 5) is 2.00. The molecule has 100 valence electrons. The molecule has 0 unspecified atom stereocenters. The maximum atomic E-state index is 11.5. The van der Waals surface area contributed by atoms with E-state index in [2.05, 4.69) is 0 Å². The molecule has 1 aliphatic rings. The topological polar surface area (TPSA) is 66.6 Å². The van der Waals surface area contributed by atoms with E-state index in [1.54, 1.807) is 0 Å². The second-order valence-corrected chi connectivity index (χ2v) is 6.30. The van der Waals surface area contributed by atoms with Crippen molar-refractivity contribution < 1.29 is 8.42 Å². The van der Waals surface area contributed by atoms with Gasteiger partial charge in [0.1, 0.15) is 0 Å². The SMILES string of the molecule is CN(C)c1cccc([C@H]2CCCN2S(N)(=O)=O)c1. The smallest absolute Gasteiger partial charge is 0.277 e. The van der Waals surface area contributed by atoms with Crippen LogP contribution in [-0.2, 0) is 10.2 Å². The van der Waals surface area contributed by atoms with E-state index in [4.69, 9.17) is 5.14 Å². The Morgan fingerprint density at radius 2 is 2.11 bits per heavy atom. The molecule has 1 aromatic carbocycles. The van der Waals surface area contributed by atoms with E-state index >= 15 is 0 Å². The van der Waals surface area contributed by atoms with Crippen LogP contribution in [0.1, 0.15) is 24.4 Å². The minimum absolute atomic E-state index is 0.125. The van der Waals surface area contributed by atoms with Crippen LogP contribution in [0.2, 0.25) is 0 Å². The van der Waals surface area contributed by atoms with E-state index < -0.39 is 10.2 Å². The highest BCUT2D eigenvalue weighted by molar-refractivity contribution is 7.86. The van der Waals surface area contributed by atoms with Gasteiger partial charge in [-0.2, -0.15) is 12.7 Å². The summed E-state index contributed by atoms with van der Waals surface area (Å²) in [6.45, 7) is 0.510. The van der Waals surface area contributed by atoms with Crippen molar-refractivity contribution in [3.8, 4) is 0 Å². The van der Waals surface area contributed by atoms with Gasteiger partial charge in [-0.3, -0.25) is 0 Å². The molecule has 1 aromatic rings. The Labute approximate surface area is 108 Å². The average molecular weight is 269 g/mol. The van der Waals surface area contributed by atoms with Crippen molar-refractivity contribution in [2.75, 3.05) is 25.5 Å². The van der Waals surface area contributed by atoms with Crippen LogP contribution in [0, 0.1) is 0 Å². The normalized spacial score (nSPS) is 21.2. The van der Waals surface area contributed by atoms with Crippen molar-refractivity contribution in [2.45, 2.75) is 18.9 Å². The van der Waals surface area contributed by atoms with Crippen molar-refractivity contribution >= 4 is 15.9 Å². The zero-order chi connectivity index (χ0) is 13.3. The van der Waals surface area contributed by atoms with E-state index in [1.807, 2.05) is 43.3 Å². The Morgan fingerprint density at radius 3 is 2.72 bits per heavy atom. The molecule has 0 amide bonds. The molecule has 1 heterocycles. The lowest BCUT2D eigenvalue weighted by Crippen LogP contribution is -2.36. The van der Waals surface area contributed by atoms with Gasteiger partial charge in [0.2, 0.25) is 0 Å². The predicted octanol–water partition coefficient (Wildman–Crippen LogP) is 1.09. The first-order valence-corrected chi connectivity index (χ1v) is 7.47. The fourth-order valence-corrected chi connectivity index (χ4v) is 3.35. The van der Waals surface area contributed by atoms with Crippen LogP contribution < -0.4 is 10.0 Å². The van der Waals surface area contributed by atoms with Gasteiger partial charge in [-0.25, -0.2) is 5.14 Å². The van der Waals surface area contributed by atoms with E-state index in [9.17, 15) is 8.42 Å². The highest BCUT2D eigenvalue weighted by atomic mass is 32.2. The Bertz CT molecular complexity index is 528. The lowest BCUT2D eigenvalue weighted by molar-refractivity contribution is 0.397. The van der Waals surface area contributed by atoms with Crippen LogP contribution >= 0.6 is 0 Å². The second kappa shape index (κ2) is 4.87. The summed E-state index contributed by atoms with van der Waals surface area (Å²) in [6, 6.07) is 7.80. The Hall–Kier alpha value is -1.11. The number of nitrogens with zero attached hydrogens (tertiary/aromatic N) is 2. The standard InChI is InChI=1S/C12H19N3O2S/c1-14(2)11-6-3-5-10(9-11)12-7-4-8-15(12)18(13,16)17/h3,5-6,9,12H,4,7-8H2,1-2H3,(H2,13,16,17)/t12-/m1/s1. The molecule has 6 heteroatoms. The molecule has 0 aliphatic carbocycles. The number of anilines is 1. The third-order valence-electron chi connectivity index (χ3n) is 3.30. The largest absolute Gasteiger partial charge is 0.378 e. The van der Waals surface area contributed by atoms with Gasteiger partial charge >= 0.3 is 0 Å². The molecule has 1 saturated heterocycles. The molecule has 5 nitrogen and oxygen atoms in total. The van der Waals surface area contributed by atoms with Gasteiger partial charge in [-0.1, -0.05) is 12.1 Å². The summed E-state index contributed by atoms with van der Waals surface area (Å²) in [6.07, 6.45) is 1.68. The van der Waals surface area contributed by atoms with Crippen LogP contribution in [0.3, 0.4) is 0 Å². The summed E-state index contributed by atoms with van der Waals surface area (Å²) in [5.41, 5.74) is 2.07. The van der Waals surface area contributed by atoms with Crippen molar-refractivity contribution in [2.24, 2.45) is 5.14 Å². The monoisotopic (exact) mass is 269 g/mol. The molecule has 0 radical (unpaired) electrons. The van der Waals surface area contributed by atoms with Crippen molar-refractivity contribution in [1.29, 1.82) is 0 Å². The third kappa shape index (κ3) is 2.66. The molecule has 0 saturated carbocycles. The lowest BCUT2D eigenvalue weighted by Gasteiger charge is -2.23. The molecule has 0 spiro atoms. The number of hydrogen-bond donors (Lipinski definition) is 1. The minimum Gasteiger partial charge on any atom is -0.378 e. The molecule has 18 heavy (non-hydrogen) atoms. The van der Waals surface area contributed by atoms with Crippen molar-refractivity contribution in [3.63, 3.8) is 0 Å². The fraction of sp³-hybridized carbons (Fsp3) is 0.500. The summed E-state index contributed by atoms with van der Waals surface area (Å²) in [7, 11) is 0.314. The first-order valence-electron chi connectivity index (χ1n) is 5.96. The molecule has 1 aliphatic heterocycles. The van der Waals surface area contributed by atoms with Crippen LogP contribution in [0.5, 0.6) is 0 Å². The Kier molecular flexibility index (Phi) is 3.61. The maximum absolute atomic E-state index is 11.5. The first kappa shape index (κ1) is 13.3. The fourth-order valence-electron chi connectivity index (χ4n) is 2.39. The second-order valence-electron chi connectivity index (χ2n) is 4.80. The maximum Gasteiger partial charge on any atom is 0.277 e. The molecule has 1 fully saturated rings. The molecule has 2 rings (SSSR count). The first-order chi connectivity index (χ1) is 8.39. The molecule has 1 atom stereocenters. The van der Waals surface area contributed by atoms with E-state index in [0.29, 0.717) is 6.54 Å². The van der Waals surface area contributed by atoms with Gasteiger partial charge in [0.15, 0.2) is 0 Å². The highest BCUT2D eigenvalue weighted by Crippen LogP contribution is 2.34. The van der Waals surface area contributed by atoms with Crippen molar-refractivity contribution in [1.82, 2.24) is 4.31 Å². The van der Waals surface area contributed by atoms with Crippen LogP contribution in [0.4, 0.5) is 5.69 Å². The van der Waals surface area contributed by atoms with E-state index in [-0.39, 0.29) is 6.04 Å². The van der Waals surface area contributed by atoms with Crippen LogP contribution in [0.15, 0.2) is 24.3 Å². The quantitative estimate of drug-likeness (QED) is 0.893. The van der Waals surface area contributed by atoms with E-state index in [1.165, 1.54) is 4.31 Å². The molecule has 2 N–H and O–H groups in total. The molecule has 0 bridgehead atoms. The van der Waals surface area contributed by atoms with Crippen LogP contribution in [0.25, 0.3) is 0 Å². The third-order valence-corrected chi connectivity index (χ3v) is 4.39. The summed E-state index contributed by atoms with van der Waals surface area (Å²) < 4.78 is 24.4. The summed E-state index contributed by atoms with van der Waals surface area (Å²) >= 11 is 0. The summed E-state index contributed by atoms with van der Waals surface area (Å²) in [5, 5.41) is 5.25. The zero-order valence-electron chi connectivity index (χ0n) is 10.7.